The number of rotatable bonds is 8. The van der Waals surface area contributed by atoms with Gasteiger partial charge in [0.2, 0.25) is 5.13 Å². The SMILES string of the molecule is COc1ccc(C)cc1C(=O)CSc1nnc(NCc2ccco2)s1. The first-order valence-corrected chi connectivity index (χ1v) is 9.36. The van der Waals surface area contributed by atoms with Gasteiger partial charge in [-0.05, 0) is 31.2 Å². The number of nitrogens with zero attached hydrogens (tertiary/aromatic N) is 2. The number of nitrogens with one attached hydrogen (secondary N) is 1. The van der Waals surface area contributed by atoms with Gasteiger partial charge in [-0.1, -0.05) is 34.7 Å². The summed E-state index contributed by atoms with van der Waals surface area (Å²) in [5.41, 5.74) is 1.62. The Balaban J connectivity index is 1.56. The molecule has 0 aliphatic carbocycles. The highest BCUT2D eigenvalue weighted by atomic mass is 32.2. The van der Waals surface area contributed by atoms with Crippen LogP contribution in [0.15, 0.2) is 45.4 Å². The van der Waals surface area contributed by atoms with E-state index >= 15 is 0 Å². The van der Waals surface area contributed by atoms with Crippen molar-refractivity contribution in [3.63, 3.8) is 0 Å². The number of furan rings is 1. The molecule has 2 heterocycles. The number of carbonyl (C=O) groups is 1. The van der Waals surface area contributed by atoms with E-state index in [4.69, 9.17) is 9.15 Å². The summed E-state index contributed by atoms with van der Waals surface area (Å²) in [5, 5.41) is 12.0. The summed E-state index contributed by atoms with van der Waals surface area (Å²) < 4.78 is 11.3. The molecule has 0 amide bonds. The van der Waals surface area contributed by atoms with Gasteiger partial charge in [-0.2, -0.15) is 0 Å². The van der Waals surface area contributed by atoms with Gasteiger partial charge in [0, 0.05) is 0 Å². The third-order valence-electron chi connectivity index (χ3n) is 3.38. The molecule has 3 aromatic rings. The van der Waals surface area contributed by atoms with Crippen molar-refractivity contribution in [3.05, 3.63) is 53.5 Å². The number of aromatic nitrogens is 2. The van der Waals surface area contributed by atoms with Gasteiger partial charge in [0.05, 0.1) is 31.2 Å². The summed E-state index contributed by atoms with van der Waals surface area (Å²) >= 11 is 2.78. The molecular weight excluding hydrogens is 358 g/mol. The molecule has 0 fully saturated rings. The zero-order valence-electron chi connectivity index (χ0n) is 13.8. The van der Waals surface area contributed by atoms with Crippen LogP contribution in [0.5, 0.6) is 5.75 Å². The summed E-state index contributed by atoms with van der Waals surface area (Å²) in [6, 6.07) is 9.30. The standard InChI is InChI=1S/C17H17N3O3S2/c1-11-5-6-15(22-2)13(8-11)14(21)10-24-17-20-19-16(25-17)18-9-12-4-3-7-23-12/h3-8H,9-10H2,1-2H3,(H,18,19). The molecule has 8 heteroatoms. The van der Waals surface area contributed by atoms with Crippen molar-refractivity contribution in [2.45, 2.75) is 17.8 Å². The quantitative estimate of drug-likeness (QED) is 0.470. The van der Waals surface area contributed by atoms with E-state index < -0.39 is 0 Å². The maximum absolute atomic E-state index is 12.5. The third kappa shape index (κ3) is 4.61. The summed E-state index contributed by atoms with van der Waals surface area (Å²) in [5.74, 6) is 1.71. The monoisotopic (exact) mass is 375 g/mol. The van der Waals surface area contributed by atoms with Crippen molar-refractivity contribution in [1.82, 2.24) is 10.2 Å². The van der Waals surface area contributed by atoms with Gasteiger partial charge in [-0.3, -0.25) is 4.79 Å². The van der Waals surface area contributed by atoms with Gasteiger partial charge in [0.25, 0.3) is 0 Å². The lowest BCUT2D eigenvalue weighted by Gasteiger charge is -2.07. The number of thioether (sulfide) groups is 1. The van der Waals surface area contributed by atoms with Crippen LogP contribution in [0.3, 0.4) is 0 Å². The number of ether oxygens (including phenoxy) is 1. The molecule has 0 aliphatic rings. The zero-order valence-corrected chi connectivity index (χ0v) is 15.4. The number of hydrogen-bond acceptors (Lipinski definition) is 8. The molecule has 0 atom stereocenters. The molecule has 6 nitrogen and oxygen atoms in total. The van der Waals surface area contributed by atoms with Gasteiger partial charge >= 0.3 is 0 Å². The Labute approximate surface area is 153 Å². The first-order chi connectivity index (χ1) is 12.2. The largest absolute Gasteiger partial charge is 0.496 e. The van der Waals surface area contributed by atoms with Gasteiger partial charge in [0.15, 0.2) is 10.1 Å². The van der Waals surface area contributed by atoms with Crippen LogP contribution in [0.25, 0.3) is 0 Å². The number of benzene rings is 1. The Morgan fingerprint density at radius 1 is 1.36 bits per heavy atom. The Hall–Kier alpha value is -2.32. The normalized spacial score (nSPS) is 10.6. The van der Waals surface area contributed by atoms with E-state index in [2.05, 4.69) is 15.5 Å². The average Bonchev–Trinajstić information content (AvgIpc) is 3.29. The fraction of sp³-hybridized carbons (Fsp3) is 0.235. The first-order valence-electron chi connectivity index (χ1n) is 7.56. The summed E-state index contributed by atoms with van der Waals surface area (Å²) in [4.78, 5) is 12.5. The smallest absolute Gasteiger partial charge is 0.206 e. The van der Waals surface area contributed by atoms with Gasteiger partial charge in [-0.15, -0.1) is 10.2 Å². The van der Waals surface area contributed by atoms with Crippen LogP contribution in [-0.2, 0) is 6.54 Å². The van der Waals surface area contributed by atoms with E-state index in [1.807, 2.05) is 37.3 Å². The number of Topliss-reactive ketones (excluding diaryl/α,β-unsaturated/α-hetero) is 1. The molecule has 0 saturated heterocycles. The second-order valence-corrected chi connectivity index (χ2v) is 7.42. The zero-order chi connectivity index (χ0) is 17.6. The molecule has 0 radical (unpaired) electrons. The molecule has 25 heavy (non-hydrogen) atoms. The molecule has 0 spiro atoms. The molecule has 3 rings (SSSR count). The minimum absolute atomic E-state index is 0.00541. The van der Waals surface area contributed by atoms with Crippen LogP contribution in [0.2, 0.25) is 0 Å². The Morgan fingerprint density at radius 2 is 2.24 bits per heavy atom. The number of methoxy groups -OCH3 is 1. The first kappa shape index (κ1) is 17.5. The van der Waals surface area contributed by atoms with Crippen molar-refractivity contribution in [2.24, 2.45) is 0 Å². The van der Waals surface area contributed by atoms with E-state index in [1.165, 1.54) is 23.1 Å². The van der Waals surface area contributed by atoms with Gasteiger partial charge in [-0.25, -0.2) is 0 Å². The summed E-state index contributed by atoms with van der Waals surface area (Å²) in [6.07, 6.45) is 1.63. The highest BCUT2D eigenvalue weighted by Gasteiger charge is 2.14. The van der Waals surface area contributed by atoms with Crippen molar-refractivity contribution >= 4 is 34.0 Å². The molecule has 0 aliphatic heterocycles. The number of anilines is 1. The van der Waals surface area contributed by atoms with Crippen molar-refractivity contribution in [3.8, 4) is 5.75 Å². The minimum Gasteiger partial charge on any atom is -0.496 e. The van der Waals surface area contributed by atoms with E-state index in [0.717, 1.165) is 15.7 Å². The molecule has 0 unspecified atom stereocenters. The predicted octanol–water partition coefficient (Wildman–Crippen LogP) is 4.04. The molecular formula is C17H17N3O3S2. The highest BCUT2D eigenvalue weighted by Crippen LogP contribution is 2.28. The average molecular weight is 375 g/mol. The third-order valence-corrected chi connectivity index (χ3v) is 5.40. The maximum Gasteiger partial charge on any atom is 0.206 e. The van der Waals surface area contributed by atoms with Gasteiger partial charge < -0.3 is 14.5 Å². The lowest BCUT2D eigenvalue weighted by atomic mass is 10.1. The molecule has 0 saturated carbocycles. The van der Waals surface area contributed by atoms with Gasteiger partial charge in [0.1, 0.15) is 11.5 Å². The van der Waals surface area contributed by atoms with Crippen LogP contribution in [-0.4, -0.2) is 28.8 Å². The Morgan fingerprint density at radius 3 is 3.00 bits per heavy atom. The lowest BCUT2D eigenvalue weighted by Crippen LogP contribution is -2.05. The molecule has 130 valence electrons. The van der Waals surface area contributed by atoms with Crippen molar-refractivity contribution in [2.75, 3.05) is 18.2 Å². The van der Waals surface area contributed by atoms with E-state index in [9.17, 15) is 4.79 Å². The van der Waals surface area contributed by atoms with E-state index in [0.29, 0.717) is 23.0 Å². The summed E-state index contributed by atoms with van der Waals surface area (Å²) in [7, 11) is 1.57. The highest BCUT2D eigenvalue weighted by molar-refractivity contribution is 8.01. The number of aryl methyl sites for hydroxylation is 1. The maximum atomic E-state index is 12.5. The van der Waals surface area contributed by atoms with Crippen LogP contribution in [0.4, 0.5) is 5.13 Å². The minimum atomic E-state index is 0.00541. The second kappa shape index (κ2) is 8.17. The van der Waals surface area contributed by atoms with Crippen molar-refractivity contribution in [1.29, 1.82) is 0 Å². The Bertz CT molecular complexity index is 847. The summed E-state index contributed by atoms with van der Waals surface area (Å²) in [6.45, 7) is 2.50. The van der Waals surface area contributed by atoms with Crippen LogP contribution >= 0.6 is 23.1 Å². The topological polar surface area (TPSA) is 77.2 Å². The predicted molar refractivity (Wildman–Crippen MR) is 98.7 cm³/mol. The van der Waals surface area contributed by atoms with Crippen LogP contribution in [0.1, 0.15) is 21.7 Å². The van der Waals surface area contributed by atoms with Crippen LogP contribution in [0, 0.1) is 6.92 Å². The molecule has 1 N–H and O–H groups in total. The molecule has 2 aromatic heterocycles. The number of ketones is 1. The van der Waals surface area contributed by atoms with E-state index in [1.54, 1.807) is 13.4 Å². The number of hydrogen-bond donors (Lipinski definition) is 1. The fourth-order valence-electron chi connectivity index (χ4n) is 2.16. The van der Waals surface area contributed by atoms with E-state index in [-0.39, 0.29) is 11.5 Å². The Kier molecular flexibility index (Phi) is 5.72. The van der Waals surface area contributed by atoms with Crippen molar-refractivity contribution < 1.29 is 13.9 Å². The number of carbonyl (C=O) groups excluding carboxylic acids is 1. The molecule has 1 aromatic carbocycles. The van der Waals surface area contributed by atoms with Crippen LogP contribution < -0.4 is 10.1 Å². The lowest BCUT2D eigenvalue weighted by molar-refractivity contribution is 0.101. The fourth-order valence-corrected chi connectivity index (χ4v) is 3.79. The second-order valence-electron chi connectivity index (χ2n) is 5.22. The molecule has 0 bridgehead atoms.